The molecule has 0 unspecified atom stereocenters. The monoisotopic (exact) mass is 378 g/mol. The maximum atomic E-state index is 11.0. The van der Waals surface area contributed by atoms with Crippen LogP contribution in [0.15, 0.2) is 53.0 Å². The zero-order chi connectivity index (χ0) is 19.5. The van der Waals surface area contributed by atoms with Gasteiger partial charge in [-0.1, -0.05) is 24.3 Å². The van der Waals surface area contributed by atoms with Gasteiger partial charge < -0.3 is 9.15 Å². The Kier molecular flexibility index (Phi) is 5.14. The first kappa shape index (κ1) is 18.3. The van der Waals surface area contributed by atoms with E-state index < -0.39 is 5.91 Å². The van der Waals surface area contributed by atoms with Crippen molar-refractivity contribution in [3.05, 3.63) is 71.0 Å². The smallest absolute Gasteiger partial charge is 0.267 e. The number of methoxy groups -OCH3 is 1. The Bertz CT molecular complexity index is 1020. The molecular formula is C22H22N2O4. The Balaban J connectivity index is 1.45. The summed E-state index contributed by atoms with van der Waals surface area (Å²) in [4.78, 5) is 13.4. The summed E-state index contributed by atoms with van der Waals surface area (Å²) in [6.07, 6.45) is 3.91. The fraction of sp³-hybridized carbons (Fsp3) is 0.227. The van der Waals surface area contributed by atoms with Gasteiger partial charge in [-0.25, -0.2) is 5.48 Å². The second-order valence-corrected chi connectivity index (χ2v) is 6.88. The second-order valence-electron chi connectivity index (χ2n) is 6.88. The molecule has 6 heteroatoms. The van der Waals surface area contributed by atoms with Gasteiger partial charge in [0.2, 0.25) is 0 Å². The zero-order valence-corrected chi connectivity index (χ0v) is 15.6. The van der Waals surface area contributed by atoms with Crippen LogP contribution in [-0.4, -0.2) is 29.7 Å². The number of hydrogen-bond donors (Lipinski definition) is 2. The molecule has 0 atom stereocenters. The summed E-state index contributed by atoms with van der Waals surface area (Å²) in [5.41, 5.74) is 5.86. The molecule has 1 aromatic heterocycles. The van der Waals surface area contributed by atoms with Crippen LogP contribution in [-0.2, 0) is 24.3 Å². The molecular weight excluding hydrogens is 356 g/mol. The predicted octanol–water partition coefficient (Wildman–Crippen LogP) is 3.52. The molecule has 0 fully saturated rings. The first-order valence-electron chi connectivity index (χ1n) is 9.18. The number of carbonyl (C=O) groups excluding carboxylic acids is 1. The van der Waals surface area contributed by atoms with E-state index in [1.165, 1.54) is 22.6 Å². The van der Waals surface area contributed by atoms with E-state index in [9.17, 15) is 4.79 Å². The van der Waals surface area contributed by atoms with Gasteiger partial charge in [0.25, 0.3) is 5.91 Å². The maximum Gasteiger partial charge on any atom is 0.267 e. The highest BCUT2D eigenvalue weighted by Gasteiger charge is 2.22. The fourth-order valence-corrected chi connectivity index (χ4v) is 3.60. The number of nitrogens with one attached hydrogen (secondary N) is 1. The summed E-state index contributed by atoms with van der Waals surface area (Å²) in [6.45, 7) is 2.59. The van der Waals surface area contributed by atoms with Crippen molar-refractivity contribution in [2.75, 3.05) is 13.7 Å². The van der Waals surface area contributed by atoms with Crippen LogP contribution in [0.4, 0.5) is 0 Å². The van der Waals surface area contributed by atoms with Crippen LogP contribution in [0.1, 0.15) is 22.5 Å². The van der Waals surface area contributed by atoms with E-state index in [4.69, 9.17) is 14.4 Å². The van der Waals surface area contributed by atoms with Crippen molar-refractivity contribution in [3.63, 3.8) is 0 Å². The van der Waals surface area contributed by atoms with Crippen LogP contribution >= 0.6 is 0 Å². The molecule has 4 rings (SSSR count). The summed E-state index contributed by atoms with van der Waals surface area (Å²) in [6, 6.07) is 14.0. The van der Waals surface area contributed by atoms with Gasteiger partial charge in [0.15, 0.2) is 0 Å². The van der Waals surface area contributed by atoms with Crippen molar-refractivity contribution in [1.82, 2.24) is 10.4 Å². The van der Waals surface area contributed by atoms with E-state index in [1.807, 2.05) is 24.3 Å². The Morgan fingerprint density at radius 3 is 2.86 bits per heavy atom. The van der Waals surface area contributed by atoms with Crippen LogP contribution in [0.5, 0.6) is 5.75 Å². The normalized spacial score (nSPS) is 14.4. The topological polar surface area (TPSA) is 74.9 Å². The van der Waals surface area contributed by atoms with Crippen LogP contribution in [0.25, 0.3) is 17.0 Å². The first-order chi connectivity index (χ1) is 13.7. The number of carbonyl (C=O) groups is 1. The molecule has 0 aliphatic carbocycles. The van der Waals surface area contributed by atoms with E-state index in [0.717, 1.165) is 48.7 Å². The molecule has 2 heterocycles. The highest BCUT2D eigenvalue weighted by atomic mass is 16.5. The Morgan fingerprint density at radius 2 is 2.11 bits per heavy atom. The Morgan fingerprint density at radius 1 is 1.29 bits per heavy atom. The fourth-order valence-electron chi connectivity index (χ4n) is 3.60. The van der Waals surface area contributed by atoms with Crippen molar-refractivity contribution < 1.29 is 19.2 Å². The molecule has 1 aliphatic rings. The highest BCUT2D eigenvalue weighted by molar-refractivity contribution is 5.90. The Hall–Kier alpha value is -3.09. The number of fused-ring (bicyclic) bond motifs is 3. The van der Waals surface area contributed by atoms with E-state index in [0.29, 0.717) is 0 Å². The van der Waals surface area contributed by atoms with Gasteiger partial charge in [-0.3, -0.25) is 14.9 Å². The first-order valence-corrected chi connectivity index (χ1v) is 9.18. The number of rotatable bonds is 5. The third-order valence-corrected chi connectivity index (χ3v) is 5.05. The van der Waals surface area contributed by atoms with Gasteiger partial charge in [-0.2, -0.15) is 0 Å². The van der Waals surface area contributed by atoms with Gasteiger partial charge in [-0.15, -0.1) is 0 Å². The minimum Gasteiger partial charge on any atom is -0.497 e. The van der Waals surface area contributed by atoms with Crippen molar-refractivity contribution >= 4 is 23.0 Å². The predicted molar refractivity (Wildman–Crippen MR) is 106 cm³/mol. The van der Waals surface area contributed by atoms with Crippen molar-refractivity contribution in [2.24, 2.45) is 0 Å². The molecule has 144 valence electrons. The van der Waals surface area contributed by atoms with Crippen LogP contribution in [0.2, 0.25) is 0 Å². The average molecular weight is 378 g/mol. The number of amides is 1. The van der Waals surface area contributed by atoms with Gasteiger partial charge in [0.1, 0.15) is 17.1 Å². The number of hydrogen-bond acceptors (Lipinski definition) is 5. The lowest BCUT2D eigenvalue weighted by molar-refractivity contribution is -0.124. The number of furan rings is 1. The minimum atomic E-state index is -0.545. The zero-order valence-electron chi connectivity index (χ0n) is 15.6. The third kappa shape index (κ3) is 3.78. The molecule has 6 nitrogen and oxygen atoms in total. The van der Waals surface area contributed by atoms with Crippen molar-refractivity contribution in [1.29, 1.82) is 0 Å². The third-order valence-electron chi connectivity index (χ3n) is 5.05. The van der Waals surface area contributed by atoms with Crippen LogP contribution in [0.3, 0.4) is 0 Å². The average Bonchev–Trinajstić information content (AvgIpc) is 3.09. The van der Waals surface area contributed by atoms with Gasteiger partial charge in [0, 0.05) is 36.2 Å². The minimum absolute atomic E-state index is 0.545. The summed E-state index contributed by atoms with van der Waals surface area (Å²) in [5, 5.41) is 9.69. The van der Waals surface area contributed by atoms with Crippen molar-refractivity contribution in [2.45, 2.75) is 19.5 Å². The van der Waals surface area contributed by atoms with Gasteiger partial charge in [-0.05, 0) is 35.8 Å². The summed E-state index contributed by atoms with van der Waals surface area (Å²) in [7, 11) is 1.66. The molecule has 1 amide bonds. The molecule has 0 bridgehead atoms. The maximum absolute atomic E-state index is 11.0. The Labute approximate surface area is 163 Å². The molecule has 0 spiro atoms. The van der Waals surface area contributed by atoms with Crippen LogP contribution < -0.4 is 10.2 Å². The van der Waals surface area contributed by atoms with E-state index in [2.05, 4.69) is 23.1 Å². The summed E-state index contributed by atoms with van der Waals surface area (Å²) >= 11 is 0. The molecule has 3 aromatic rings. The molecule has 2 aromatic carbocycles. The molecule has 0 saturated carbocycles. The van der Waals surface area contributed by atoms with Gasteiger partial charge >= 0.3 is 0 Å². The number of nitrogens with zero attached hydrogens (tertiary/aromatic N) is 1. The van der Waals surface area contributed by atoms with Crippen molar-refractivity contribution in [3.8, 4) is 5.75 Å². The molecule has 1 aliphatic heterocycles. The molecule has 28 heavy (non-hydrogen) atoms. The lowest BCUT2D eigenvalue weighted by Crippen LogP contribution is -2.29. The van der Waals surface area contributed by atoms with Crippen LogP contribution in [0, 0.1) is 0 Å². The number of ether oxygens (including phenoxy) is 1. The lowest BCUT2D eigenvalue weighted by Gasteiger charge is -2.26. The quantitative estimate of drug-likeness (QED) is 0.404. The summed E-state index contributed by atoms with van der Waals surface area (Å²) in [5.74, 6) is 1.29. The SMILES string of the molecule is COc1ccc2c3c(oc2c1)CN(Cc1ccc(/C=C/C(=O)NO)cc1)CC3. The largest absolute Gasteiger partial charge is 0.497 e. The molecule has 0 saturated heterocycles. The van der Waals surface area contributed by atoms with E-state index in [1.54, 1.807) is 18.7 Å². The molecule has 2 N–H and O–H groups in total. The molecule has 0 radical (unpaired) electrons. The standard InChI is InChI=1S/C22H22N2O4/c1-27-17-7-8-18-19-10-11-24(14-21(19)28-20(18)12-17)13-16-4-2-15(3-5-16)6-9-22(25)23-26/h2-9,12,26H,10-11,13-14H2,1H3,(H,23,25)/b9-6+. The van der Waals surface area contributed by atoms with E-state index in [-0.39, 0.29) is 0 Å². The summed E-state index contributed by atoms with van der Waals surface area (Å²) < 4.78 is 11.4. The van der Waals surface area contributed by atoms with E-state index >= 15 is 0 Å². The number of benzene rings is 2. The highest BCUT2D eigenvalue weighted by Crippen LogP contribution is 2.33. The number of hydroxylamine groups is 1. The van der Waals surface area contributed by atoms with Gasteiger partial charge in [0.05, 0.1) is 13.7 Å². The second kappa shape index (κ2) is 7.88. The lowest BCUT2D eigenvalue weighted by atomic mass is 10.0.